The summed E-state index contributed by atoms with van der Waals surface area (Å²) >= 11 is 0. The van der Waals surface area contributed by atoms with Crippen molar-refractivity contribution in [3.63, 3.8) is 0 Å². The van der Waals surface area contributed by atoms with Gasteiger partial charge in [-0.1, -0.05) is 12.1 Å². The van der Waals surface area contributed by atoms with Gasteiger partial charge in [-0.3, -0.25) is 0 Å². The standard InChI is InChI=1S/C16H16F3N/c1-10-7-11(3-5-14(10)18)16(20-2)9-12-8-13(17)4-6-15(12)19/h3-8,16,20H,9H2,1-2H3. The lowest BCUT2D eigenvalue weighted by atomic mass is 9.97. The zero-order valence-electron chi connectivity index (χ0n) is 11.4. The van der Waals surface area contributed by atoms with E-state index < -0.39 is 11.6 Å². The van der Waals surface area contributed by atoms with Crippen LogP contribution in [0.25, 0.3) is 0 Å². The zero-order valence-corrected chi connectivity index (χ0v) is 11.4. The maximum absolute atomic E-state index is 13.7. The van der Waals surface area contributed by atoms with Crippen molar-refractivity contribution >= 4 is 0 Å². The summed E-state index contributed by atoms with van der Waals surface area (Å²) in [6, 6.07) is 7.95. The van der Waals surface area contributed by atoms with Crippen molar-refractivity contribution in [2.75, 3.05) is 7.05 Å². The van der Waals surface area contributed by atoms with Gasteiger partial charge in [-0.15, -0.1) is 0 Å². The number of hydrogen-bond acceptors (Lipinski definition) is 1. The largest absolute Gasteiger partial charge is 0.313 e. The SMILES string of the molecule is CNC(Cc1cc(F)ccc1F)c1ccc(F)c(C)c1. The highest BCUT2D eigenvalue weighted by Crippen LogP contribution is 2.22. The van der Waals surface area contributed by atoms with E-state index in [-0.39, 0.29) is 11.9 Å². The minimum absolute atomic E-state index is 0.203. The molecule has 1 atom stereocenters. The summed E-state index contributed by atoms with van der Waals surface area (Å²) in [5.41, 5.74) is 1.67. The maximum Gasteiger partial charge on any atom is 0.126 e. The van der Waals surface area contributed by atoms with Crippen molar-refractivity contribution in [3.8, 4) is 0 Å². The topological polar surface area (TPSA) is 12.0 Å². The lowest BCUT2D eigenvalue weighted by Crippen LogP contribution is -2.19. The molecule has 0 fully saturated rings. The van der Waals surface area contributed by atoms with Gasteiger partial charge in [0.2, 0.25) is 0 Å². The fraction of sp³-hybridized carbons (Fsp3) is 0.250. The molecule has 4 heteroatoms. The van der Waals surface area contributed by atoms with Crippen LogP contribution in [0.3, 0.4) is 0 Å². The molecule has 0 aliphatic heterocycles. The van der Waals surface area contributed by atoms with Crippen molar-refractivity contribution in [1.82, 2.24) is 5.32 Å². The van der Waals surface area contributed by atoms with Crippen LogP contribution in [0.15, 0.2) is 36.4 Å². The van der Waals surface area contributed by atoms with Crippen molar-refractivity contribution in [1.29, 1.82) is 0 Å². The monoisotopic (exact) mass is 279 g/mol. The lowest BCUT2D eigenvalue weighted by Gasteiger charge is -2.18. The number of aryl methyl sites for hydroxylation is 1. The first-order valence-corrected chi connectivity index (χ1v) is 6.38. The molecule has 0 saturated carbocycles. The van der Waals surface area contributed by atoms with Gasteiger partial charge in [0.25, 0.3) is 0 Å². The predicted molar refractivity (Wildman–Crippen MR) is 73.0 cm³/mol. The zero-order chi connectivity index (χ0) is 14.7. The highest BCUT2D eigenvalue weighted by molar-refractivity contribution is 5.29. The Balaban J connectivity index is 2.28. The van der Waals surface area contributed by atoms with Crippen LogP contribution in [0.4, 0.5) is 13.2 Å². The van der Waals surface area contributed by atoms with Gasteiger partial charge >= 0.3 is 0 Å². The molecule has 1 nitrogen and oxygen atoms in total. The smallest absolute Gasteiger partial charge is 0.126 e. The van der Waals surface area contributed by atoms with E-state index in [1.807, 2.05) is 0 Å². The van der Waals surface area contributed by atoms with Crippen LogP contribution < -0.4 is 5.32 Å². The number of benzene rings is 2. The van der Waals surface area contributed by atoms with Gasteiger partial charge in [0, 0.05) is 6.04 Å². The molecule has 20 heavy (non-hydrogen) atoms. The Hall–Kier alpha value is -1.81. The van der Waals surface area contributed by atoms with Gasteiger partial charge in [-0.2, -0.15) is 0 Å². The van der Waals surface area contributed by atoms with Crippen LogP contribution in [-0.2, 0) is 6.42 Å². The number of hydrogen-bond donors (Lipinski definition) is 1. The average Bonchev–Trinajstić information content (AvgIpc) is 2.43. The molecule has 2 rings (SSSR count). The van der Waals surface area contributed by atoms with Crippen molar-refractivity contribution in [3.05, 3.63) is 70.5 Å². The van der Waals surface area contributed by atoms with E-state index in [1.54, 1.807) is 26.1 Å². The molecule has 0 aromatic heterocycles. The molecule has 0 aliphatic carbocycles. The molecule has 1 unspecified atom stereocenters. The Labute approximate surface area is 116 Å². The van der Waals surface area contributed by atoms with Gasteiger partial charge in [0.1, 0.15) is 17.5 Å². The Bertz CT molecular complexity index is 611. The second kappa shape index (κ2) is 6.09. The first-order valence-electron chi connectivity index (χ1n) is 6.38. The molecule has 0 radical (unpaired) electrons. The Morgan fingerprint density at radius 1 is 1.00 bits per heavy atom. The Kier molecular flexibility index (Phi) is 4.45. The summed E-state index contributed by atoms with van der Waals surface area (Å²) in [5.74, 6) is -1.18. The molecule has 0 spiro atoms. The summed E-state index contributed by atoms with van der Waals surface area (Å²) in [4.78, 5) is 0. The van der Waals surface area contributed by atoms with Crippen LogP contribution in [0.5, 0.6) is 0 Å². The molecule has 0 aliphatic rings. The van der Waals surface area contributed by atoms with E-state index in [2.05, 4.69) is 5.32 Å². The van der Waals surface area contributed by atoms with Crippen LogP contribution in [0.1, 0.15) is 22.7 Å². The normalized spacial score (nSPS) is 12.4. The summed E-state index contributed by atoms with van der Waals surface area (Å²) in [6.45, 7) is 1.67. The quantitative estimate of drug-likeness (QED) is 0.894. The second-order valence-electron chi connectivity index (χ2n) is 4.79. The number of halogens is 3. The first-order chi connectivity index (χ1) is 9.51. The summed E-state index contributed by atoms with van der Waals surface area (Å²) in [6.07, 6.45) is 0.297. The van der Waals surface area contributed by atoms with Crippen LogP contribution >= 0.6 is 0 Å². The van der Waals surface area contributed by atoms with E-state index in [9.17, 15) is 13.2 Å². The molecule has 106 valence electrons. The Morgan fingerprint density at radius 2 is 1.70 bits per heavy atom. The number of rotatable bonds is 4. The minimum atomic E-state index is -0.466. The minimum Gasteiger partial charge on any atom is -0.313 e. The van der Waals surface area contributed by atoms with Crippen LogP contribution in [-0.4, -0.2) is 7.05 Å². The van der Waals surface area contributed by atoms with E-state index >= 15 is 0 Å². The lowest BCUT2D eigenvalue weighted by molar-refractivity contribution is 0.542. The molecule has 2 aromatic rings. The van der Waals surface area contributed by atoms with Gasteiger partial charge in [0.15, 0.2) is 0 Å². The molecule has 1 N–H and O–H groups in total. The fourth-order valence-corrected chi connectivity index (χ4v) is 2.19. The number of nitrogens with one attached hydrogen (secondary N) is 1. The van der Waals surface area contributed by atoms with Crippen LogP contribution in [0, 0.1) is 24.4 Å². The fourth-order valence-electron chi connectivity index (χ4n) is 2.19. The molecule has 0 saturated heterocycles. The molecule has 0 amide bonds. The molecule has 0 bridgehead atoms. The van der Waals surface area contributed by atoms with E-state index in [0.717, 1.165) is 17.7 Å². The van der Waals surface area contributed by atoms with Crippen molar-refractivity contribution in [2.24, 2.45) is 0 Å². The molecule has 2 aromatic carbocycles. The second-order valence-corrected chi connectivity index (χ2v) is 4.79. The van der Waals surface area contributed by atoms with Gasteiger partial charge < -0.3 is 5.32 Å². The molecular weight excluding hydrogens is 263 g/mol. The van der Waals surface area contributed by atoms with E-state index in [0.29, 0.717) is 17.5 Å². The van der Waals surface area contributed by atoms with Crippen LogP contribution in [0.2, 0.25) is 0 Å². The molecular formula is C16H16F3N. The maximum atomic E-state index is 13.7. The summed E-state index contributed by atoms with van der Waals surface area (Å²) in [5, 5.41) is 3.05. The third-order valence-electron chi connectivity index (χ3n) is 3.36. The van der Waals surface area contributed by atoms with E-state index in [4.69, 9.17) is 0 Å². The molecule has 0 heterocycles. The van der Waals surface area contributed by atoms with Gasteiger partial charge in [-0.25, -0.2) is 13.2 Å². The van der Waals surface area contributed by atoms with E-state index in [1.165, 1.54) is 12.1 Å². The Morgan fingerprint density at radius 3 is 2.35 bits per heavy atom. The highest BCUT2D eigenvalue weighted by atomic mass is 19.1. The highest BCUT2D eigenvalue weighted by Gasteiger charge is 2.14. The average molecular weight is 279 g/mol. The third-order valence-corrected chi connectivity index (χ3v) is 3.36. The third kappa shape index (κ3) is 3.20. The van der Waals surface area contributed by atoms with Crippen molar-refractivity contribution < 1.29 is 13.2 Å². The van der Waals surface area contributed by atoms with Gasteiger partial charge in [-0.05, 0) is 61.3 Å². The summed E-state index contributed by atoms with van der Waals surface area (Å²) < 4.78 is 40.1. The number of likely N-dealkylation sites (N-methyl/N-ethyl adjacent to an activating group) is 1. The first kappa shape index (κ1) is 14.6. The summed E-state index contributed by atoms with van der Waals surface area (Å²) in [7, 11) is 1.74. The van der Waals surface area contributed by atoms with Gasteiger partial charge in [0.05, 0.1) is 0 Å². The van der Waals surface area contributed by atoms with Crippen molar-refractivity contribution in [2.45, 2.75) is 19.4 Å². The predicted octanol–water partition coefficient (Wildman–Crippen LogP) is 3.92.